The average Bonchev–Trinajstić information content (AvgIpc) is 3.01. The van der Waals surface area contributed by atoms with Crippen LogP contribution in [0.3, 0.4) is 0 Å². The largest absolute Gasteiger partial charge is 0.495 e. The second-order valence-electron chi connectivity index (χ2n) is 6.79. The van der Waals surface area contributed by atoms with Gasteiger partial charge in [0.25, 0.3) is 0 Å². The van der Waals surface area contributed by atoms with Crippen LogP contribution in [0.5, 0.6) is 5.75 Å². The highest BCUT2D eigenvalue weighted by molar-refractivity contribution is 7.22. The molecule has 0 atom stereocenters. The van der Waals surface area contributed by atoms with E-state index in [2.05, 4.69) is 16.4 Å². The lowest BCUT2D eigenvalue weighted by Gasteiger charge is -2.18. The molecule has 27 heavy (non-hydrogen) atoms. The Labute approximate surface area is 161 Å². The van der Waals surface area contributed by atoms with Gasteiger partial charge in [0.05, 0.1) is 17.3 Å². The van der Waals surface area contributed by atoms with Crippen molar-refractivity contribution in [3.8, 4) is 22.9 Å². The molecule has 2 aromatic carbocycles. The average molecular weight is 381 g/mol. The summed E-state index contributed by atoms with van der Waals surface area (Å²) < 4.78 is 11.5. The quantitative estimate of drug-likeness (QED) is 0.675. The number of ether oxygens (including phenoxy) is 2. The molecular formula is C20H19N3O3S. The van der Waals surface area contributed by atoms with Gasteiger partial charge >= 0.3 is 6.09 Å². The zero-order chi connectivity index (χ0) is 19.6. The summed E-state index contributed by atoms with van der Waals surface area (Å²) in [6.07, 6.45) is -0.554. The van der Waals surface area contributed by atoms with E-state index in [1.54, 1.807) is 26.8 Å². The Bertz CT molecular complexity index is 1040. The number of rotatable bonds is 3. The van der Waals surface area contributed by atoms with E-state index in [-0.39, 0.29) is 0 Å². The maximum absolute atomic E-state index is 12.0. The van der Waals surface area contributed by atoms with Crippen LogP contribution in [0.4, 0.5) is 9.93 Å². The van der Waals surface area contributed by atoms with Crippen LogP contribution in [-0.2, 0) is 4.74 Å². The number of fused-ring (bicyclic) bond motifs is 1. The second kappa shape index (κ2) is 7.25. The Balaban J connectivity index is 2.04. The molecule has 6 nitrogen and oxygen atoms in total. The van der Waals surface area contributed by atoms with Crippen molar-refractivity contribution in [3.05, 3.63) is 42.0 Å². The van der Waals surface area contributed by atoms with Crippen molar-refractivity contribution >= 4 is 32.8 Å². The summed E-state index contributed by atoms with van der Waals surface area (Å²) in [6, 6.07) is 13.3. The molecule has 0 aliphatic carbocycles. The van der Waals surface area contributed by atoms with Crippen LogP contribution in [0.2, 0.25) is 0 Å². The summed E-state index contributed by atoms with van der Waals surface area (Å²) in [4.78, 5) is 16.5. The number of carbonyl (C=O) groups excluding carboxylic acids is 1. The molecule has 7 heteroatoms. The van der Waals surface area contributed by atoms with E-state index in [1.165, 1.54) is 18.4 Å². The Morgan fingerprint density at radius 3 is 2.56 bits per heavy atom. The number of nitrogens with zero attached hydrogens (tertiary/aromatic N) is 2. The van der Waals surface area contributed by atoms with Crippen molar-refractivity contribution in [3.63, 3.8) is 0 Å². The van der Waals surface area contributed by atoms with Crippen LogP contribution in [0.25, 0.3) is 21.3 Å². The monoisotopic (exact) mass is 381 g/mol. The third kappa shape index (κ3) is 4.01. The smallest absolute Gasteiger partial charge is 0.413 e. The van der Waals surface area contributed by atoms with Crippen molar-refractivity contribution < 1.29 is 14.3 Å². The lowest BCUT2D eigenvalue weighted by molar-refractivity contribution is 0.0636. The van der Waals surface area contributed by atoms with Gasteiger partial charge in [0, 0.05) is 11.1 Å². The number of nitriles is 1. The third-order valence-corrected chi connectivity index (χ3v) is 4.69. The normalized spacial score (nSPS) is 11.1. The molecule has 3 aromatic rings. The molecule has 1 aromatic heterocycles. The Morgan fingerprint density at radius 1 is 1.19 bits per heavy atom. The van der Waals surface area contributed by atoms with E-state index < -0.39 is 11.7 Å². The highest BCUT2D eigenvalue weighted by atomic mass is 32.1. The van der Waals surface area contributed by atoms with Crippen molar-refractivity contribution in [2.24, 2.45) is 0 Å². The number of benzene rings is 2. The van der Waals surface area contributed by atoms with E-state index in [9.17, 15) is 10.1 Å². The number of anilines is 1. The number of hydrogen-bond acceptors (Lipinski definition) is 6. The Kier molecular flexibility index (Phi) is 5.02. The summed E-state index contributed by atoms with van der Waals surface area (Å²) in [6.45, 7) is 5.40. The maximum Gasteiger partial charge on any atom is 0.413 e. The van der Waals surface area contributed by atoms with Gasteiger partial charge in [-0.05, 0) is 32.9 Å². The first-order valence-electron chi connectivity index (χ1n) is 8.29. The van der Waals surface area contributed by atoms with Crippen LogP contribution < -0.4 is 10.1 Å². The Morgan fingerprint density at radius 2 is 1.89 bits per heavy atom. The first kappa shape index (κ1) is 18.7. The standard InChI is InChI=1S/C20H19N3O3S/c1-20(2,3)26-19(24)23-18-22-15-9-5-8-13(17(15)27-18)12-7-6-10-16(25-4)14(12)11-21/h5-10H,1-4H3,(H,22,23,24). The summed E-state index contributed by atoms with van der Waals surface area (Å²) in [5, 5.41) is 12.7. The fourth-order valence-corrected chi connectivity index (χ4v) is 3.62. The molecule has 0 bridgehead atoms. The topological polar surface area (TPSA) is 84.2 Å². The molecule has 0 aliphatic heterocycles. The number of thiazole rings is 1. The van der Waals surface area contributed by atoms with E-state index in [0.29, 0.717) is 16.4 Å². The number of amides is 1. The van der Waals surface area contributed by atoms with Crippen molar-refractivity contribution in [2.75, 3.05) is 12.4 Å². The maximum atomic E-state index is 12.0. The number of hydrogen-bond donors (Lipinski definition) is 1. The molecule has 0 aliphatic rings. The fourth-order valence-electron chi connectivity index (χ4n) is 2.65. The molecule has 0 unspecified atom stereocenters. The summed E-state index contributed by atoms with van der Waals surface area (Å²) in [7, 11) is 1.54. The molecule has 0 spiro atoms. The summed E-state index contributed by atoms with van der Waals surface area (Å²) >= 11 is 1.33. The van der Waals surface area contributed by atoms with Crippen molar-refractivity contribution in [1.82, 2.24) is 4.98 Å². The molecule has 1 heterocycles. The predicted molar refractivity (Wildman–Crippen MR) is 106 cm³/mol. The number of carbonyl (C=O) groups is 1. The molecule has 0 fully saturated rings. The molecule has 0 saturated heterocycles. The minimum atomic E-state index is -0.589. The first-order chi connectivity index (χ1) is 12.8. The van der Waals surface area contributed by atoms with Crippen molar-refractivity contribution in [2.45, 2.75) is 26.4 Å². The van der Waals surface area contributed by atoms with Crippen LogP contribution in [0, 0.1) is 11.3 Å². The molecular weight excluding hydrogens is 362 g/mol. The lowest BCUT2D eigenvalue weighted by atomic mass is 9.99. The van der Waals surface area contributed by atoms with Crippen molar-refractivity contribution in [1.29, 1.82) is 5.26 Å². The molecule has 0 radical (unpaired) electrons. The lowest BCUT2D eigenvalue weighted by Crippen LogP contribution is -2.27. The number of aromatic nitrogens is 1. The minimum Gasteiger partial charge on any atom is -0.495 e. The summed E-state index contributed by atoms with van der Waals surface area (Å²) in [5.74, 6) is 0.517. The molecule has 1 amide bonds. The van der Waals surface area contributed by atoms with Crippen LogP contribution in [0.15, 0.2) is 36.4 Å². The SMILES string of the molecule is COc1cccc(-c2cccc3nc(NC(=O)OC(C)(C)C)sc23)c1C#N. The van der Waals surface area contributed by atoms with Crippen LogP contribution in [-0.4, -0.2) is 23.8 Å². The Hall–Kier alpha value is -3.11. The number of nitrogens with one attached hydrogen (secondary N) is 1. The van der Waals surface area contributed by atoms with Gasteiger partial charge in [-0.3, -0.25) is 5.32 Å². The predicted octanol–water partition coefficient (Wildman–Crippen LogP) is 5.19. The summed E-state index contributed by atoms with van der Waals surface area (Å²) in [5.41, 5.74) is 2.22. The zero-order valence-corrected chi connectivity index (χ0v) is 16.3. The fraction of sp³-hybridized carbons (Fsp3) is 0.250. The molecule has 138 valence electrons. The van der Waals surface area contributed by atoms with E-state index in [0.717, 1.165) is 21.3 Å². The van der Waals surface area contributed by atoms with Gasteiger partial charge in [-0.15, -0.1) is 0 Å². The molecule has 0 saturated carbocycles. The minimum absolute atomic E-state index is 0.438. The van der Waals surface area contributed by atoms with Gasteiger partial charge in [0.15, 0.2) is 5.13 Å². The first-order valence-corrected chi connectivity index (χ1v) is 9.11. The second-order valence-corrected chi connectivity index (χ2v) is 7.79. The van der Waals surface area contributed by atoms with Crippen LogP contribution in [0.1, 0.15) is 26.3 Å². The molecule has 1 N–H and O–H groups in total. The van der Waals surface area contributed by atoms with Gasteiger partial charge in [-0.1, -0.05) is 35.6 Å². The highest BCUT2D eigenvalue weighted by Gasteiger charge is 2.19. The van der Waals surface area contributed by atoms with Gasteiger partial charge in [0.2, 0.25) is 0 Å². The van der Waals surface area contributed by atoms with Crippen LogP contribution >= 0.6 is 11.3 Å². The van der Waals surface area contributed by atoms with E-state index in [4.69, 9.17) is 9.47 Å². The van der Waals surface area contributed by atoms with E-state index >= 15 is 0 Å². The van der Waals surface area contributed by atoms with Gasteiger partial charge in [-0.25, -0.2) is 9.78 Å². The third-order valence-electron chi connectivity index (χ3n) is 3.67. The van der Waals surface area contributed by atoms with Gasteiger partial charge in [-0.2, -0.15) is 5.26 Å². The van der Waals surface area contributed by atoms with Gasteiger partial charge < -0.3 is 9.47 Å². The molecule has 3 rings (SSSR count). The highest BCUT2D eigenvalue weighted by Crippen LogP contribution is 2.38. The zero-order valence-electron chi connectivity index (χ0n) is 15.5. The van der Waals surface area contributed by atoms with E-state index in [1.807, 2.05) is 30.3 Å². The number of methoxy groups -OCH3 is 1. The van der Waals surface area contributed by atoms with Gasteiger partial charge in [0.1, 0.15) is 23.0 Å².